The summed E-state index contributed by atoms with van der Waals surface area (Å²) < 4.78 is 15.6. The lowest BCUT2D eigenvalue weighted by Crippen LogP contribution is -2.04. The van der Waals surface area contributed by atoms with Gasteiger partial charge in [0.15, 0.2) is 0 Å². The van der Waals surface area contributed by atoms with Gasteiger partial charge in [0.2, 0.25) is 5.95 Å². The van der Waals surface area contributed by atoms with Crippen LogP contribution in [0.1, 0.15) is 18.9 Å². The van der Waals surface area contributed by atoms with E-state index in [1.165, 1.54) is 6.07 Å². The molecule has 0 atom stereocenters. The molecular formula is C13H16FN3. The molecule has 0 spiro atoms. The highest BCUT2D eigenvalue weighted by molar-refractivity contribution is 5.55. The fourth-order valence-corrected chi connectivity index (χ4v) is 1.70. The molecule has 0 aliphatic carbocycles. The molecule has 1 aromatic heterocycles. The minimum absolute atomic E-state index is 0.254. The first-order valence-electron chi connectivity index (χ1n) is 5.75. The minimum atomic E-state index is -0.254. The van der Waals surface area contributed by atoms with E-state index in [1.807, 2.05) is 23.8 Å². The minimum Gasteiger partial charge on any atom is -0.323 e. The van der Waals surface area contributed by atoms with Gasteiger partial charge in [0.05, 0.1) is 5.69 Å². The van der Waals surface area contributed by atoms with Crippen molar-refractivity contribution in [2.75, 3.05) is 5.32 Å². The van der Waals surface area contributed by atoms with E-state index in [0.29, 0.717) is 11.6 Å². The Hall–Kier alpha value is -1.84. The van der Waals surface area contributed by atoms with E-state index in [1.54, 1.807) is 12.3 Å². The average molecular weight is 233 g/mol. The third-order valence-corrected chi connectivity index (χ3v) is 2.55. The Morgan fingerprint density at radius 3 is 2.94 bits per heavy atom. The van der Waals surface area contributed by atoms with Crippen molar-refractivity contribution in [1.82, 2.24) is 9.55 Å². The fraction of sp³-hybridized carbons (Fsp3) is 0.308. The van der Waals surface area contributed by atoms with Crippen LogP contribution < -0.4 is 5.32 Å². The molecule has 1 N–H and O–H groups in total. The number of aromatic nitrogens is 2. The van der Waals surface area contributed by atoms with Crippen LogP contribution in [0.15, 0.2) is 30.6 Å². The van der Waals surface area contributed by atoms with Crippen LogP contribution in [-0.2, 0) is 6.54 Å². The molecule has 0 fully saturated rings. The summed E-state index contributed by atoms with van der Waals surface area (Å²) in [5.74, 6) is 0.422. The summed E-state index contributed by atoms with van der Waals surface area (Å²) in [6, 6.07) is 5.11. The monoisotopic (exact) mass is 233 g/mol. The van der Waals surface area contributed by atoms with Gasteiger partial charge in [-0.3, -0.25) is 0 Å². The molecule has 0 bridgehead atoms. The molecule has 2 aromatic rings. The summed E-state index contributed by atoms with van der Waals surface area (Å²) in [5.41, 5.74) is 1.36. The lowest BCUT2D eigenvalue weighted by molar-refractivity contribution is 0.629. The number of benzene rings is 1. The molecule has 0 saturated carbocycles. The number of nitrogens with zero attached hydrogens (tertiary/aromatic N) is 2. The zero-order valence-electron chi connectivity index (χ0n) is 10.1. The molecule has 0 amide bonds. The highest BCUT2D eigenvalue weighted by Crippen LogP contribution is 2.19. The molecule has 0 aliphatic heterocycles. The summed E-state index contributed by atoms with van der Waals surface area (Å²) >= 11 is 0. The highest BCUT2D eigenvalue weighted by atomic mass is 19.1. The number of hydrogen-bond donors (Lipinski definition) is 1. The zero-order valence-corrected chi connectivity index (χ0v) is 10.1. The first kappa shape index (κ1) is 11.6. The van der Waals surface area contributed by atoms with Crippen molar-refractivity contribution < 1.29 is 4.39 Å². The van der Waals surface area contributed by atoms with E-state index < -0.39 is 0 Å². The van der Waals surface area contributed by atoms with Gasteiger partial charge >= 0.3 is 0 Å². The number of halogens is 1. The normalized spacial score (nSPS) is 10.5. The van der Waals surface area contributed by atoms with Crippen molar-refractivity contribution in [1.29, 1.82) is 0 Å². The molecule has 90 valence electrons. The van der Waals surface area contributed by atoms with E-state index in [9.17, 15) is 4.39 Å². The van der Waals surface area contributed by atoms with E-state index in [4.69, 9.17) is 0 Å². The second-order valence-electron chi connectivity index (χ2n) is 4.05. The zero-order chi connectivity index (χ0) is 12.3. The number of rotatable bonds is 4. The molecule has 4 heteroatoms. The average Bonchev–Trinajstić information content (AvgIpc) is 2.71. The van der Waals surface area contributed by atoms with Crippen LogP contribution in [0, 0.1) is 12.7 Å². The van der Waals surface area contributed by atoms with Gasteiger partial charge in [-0.2, -0.15) is 0 Å². The molecule has 2 rings (SSSR count). The van der Waals surface area contributed by atoms with Gasteiger partial charge < -0.3 is 9.88 Å². The van der Waals surface area contributed by atoms with Crippen molar-refractivity contribution >= 4 is 11.6 Å². The Balaban J connectivity index is 2.22. The summed E-state index contributed by atoms with van der Waals surface area (Å²) in [6.45, 7) is 4.83. The molecule has 0 aliphatic rings. The van der Waals surface area contributed by atoms with Crippen molar-refractivity contribution in [3.05, 3.63) is 42.0 Å². The van der Waals surface area contributed by atoms with Gasteiger partial charge in [0.1, 0.15) is 5.82 Å². The standard InChI is InChI=1S/C13H16FN3/c1-3-7-17-8-6-15-13(17)16-12-5-4-10(2)9-11(12)14/h4-6,8-9H,3,7H2,1-2H3,(H,15,16). The Bertz CT molecular complexity index is 505. The third kappa shape index (κ3) is 2.64. The molecule has 0 saturated heterocycles. The van der Waals surface area contributed by atoms with Crippen LogP contribution in [-0.4, -0.2) is 9.55 Å². The maximum absolute atomic E-state index is 13.7. The van der Waals surface area contributed by atoms with Crippen LogP contribution in [0.4, 0.5) is 16.0 Å². The topological polar surface area (TPSA) is 29.9 Å². The maximum atomic E-state index is 13.7. The molecule has 1 aromatic carbocycles. The third-order valence-electron chi connectivity index (χ3n) is 2.55. The lowest BCUT2D eigenvalue weighted by atomic mass is 10.2. The van der Waals surface area contributed by atoms with E-state index in [0.717, 1.165) is 18.5 Å². The Morgan fingerprint density at radius 1 is 1.41 bits per heavy atom. The molecular weight excluding hydrogens is 217 g/mol. The van der Waals surface area contributed by atoms with E-state index in [-0.39, 0.29) is 5.82 Å². The number of nitrogens with one attached hydrogen (secondary N) is 1. The Labute approximate surface area is 100 Å². The fourth-order valence-electron chi connectivity index (χ4n) is 1.70. The lowest BCUT2D eigenvalue weighted by Gasteiger charge is -2.09. The van der Waals surface area contributed by atoms with Gasteiger partial charge in [-0.25, -0.2) is 9.37 Å². The number of anilines is 2. The second kappa shape index (κ2) is 4.99. The van der Waals surface area contributed by atoms with Crippen molar-refractivity contribution in [2.24, 2.45) is 0 Å². The van der Waals surface area contributed by atoms with Gasteiger partial charge in [0, 0.05) is 18.9 Å². The summed E-state index contributed by atoms with van der Waals surface area (Å²) in [6.07, 6.45) is 4.61. The van der Waals surface area contributed by atoms with Crippen molar-refractivity contribution in [2.45, 2.75) is 26.8 Å². The summed E-state index contributed by atoms with van der Waals surface area (Å²) in [5, 5.41) is 3.01. The van der Waals surface area contributed by atoms with Crippen LogP contribution in [0.5, 0.6) is 0 Å². The first-order chi connectivity index (χ1) is 8.20. The van der Waals surface area contributed by atoms with Gasteiger partial charge in [0.25, 0.3) is 0 Å². The van der Waals surface area contributed by atoms with Crippen LogP contribution in [0.2, 0.25) is 0 Å². The number of aryl methyl sites for hydroxylation is 2. The van der Waals surface area contributed by atoms with E-state index >= 15 is 0 Å². The molecule has 3 nitrogen and oxygen atoms in total. The smallest absolute Gasteiger partial charge is 0.207 e. The van der Waals surface area contributed by atoms with Crippen molar-refractivity contribution in [3.8, 4) is 0 Å². The molecule has 17 heavy (non-hydrogen) atoms. The number of hydrogen-bond acceptors (Lipinski definition) is 2. The SMILES string of the molecule is CCCn1ccnc1Nc1ccc(C)cc1F. The van der Waals surface area contributed by atoms with Gasteiger partial charge in [-0.15, -0.1) is 0 Å². The maximum Gasteiger partial charge on any atom is 0.207 e. The number of imidazole rings is 1. The Morgan fingerprint density at radius 2 is 2.24 bits per heavy atom. The quantitative estimate of drug-likeness (QED) is 0.876. The van der Waals surface area contributed by atoms with Crippen LogP contribution >= 0.6 is 0 Å². The summed E-state index contributed by atoms with van der Waals surface area (Å²) in [4.78, 5) is 4.18. The second-order valence-corrected chi connectivity index (χ2v) is 4.05. The van der Waals surface area contributed by atoms with E-state index in [2.05, 4.69) is 17.2 Å². The Kier molecular flexibility index (Phi) is 3.42. The van der Waals surface area contributed by atoms with Crippen LogP contribution in [0.3, 0.4) is 0 Å². The predicted octanol–water partition coefficient (Wildman–Crippen LogP) is 3.48. The highest BCUT2D eigenvalue weighted by Gasteiger charge is 2.06. The molecule has 0 radical (unpaired) electrons. The van der Waals surface area contributed by atoms with Crippen LogP contribution in [0.25, 0.3) is 0 Å². The van der Waals surface area contributed by atoms with Crippen molar-refractivity contribution in [3.63, 3.8) is 0 Å². The van der Waals surface area contributed by atoms with Gasteiger partial charge in [-0.05, 0) is 31.0 Å². The first-order valence-corrected chi connectivity index (χ1v) is 5.75. The largest absolute Gasteiger partial charge is 0.323 e. The summed E-state index contributed by atoms with van der Waals surface area (Å²) in [7, 11) is 0. The predicted molar refractivity (Wildman–Crippen MR) is 66.9 cm³/mol. The van der Waals surface area contributed by atoms with Gasteiger partial charge in [-0.1, -0.05) is 13.0 Å². The molecule has 0 unspecified atom stereocenters. The molecule has 1 heterocycles.